The second-order valence-corrected chi connectivity index (χ2v) is 11.3. The Hall–Kier alpha value is -3.32. The van der Waals surface area contributed by atoms with Crippen molar-refractivity contribution >= 4 is 32.7 Å². The highest BCUT2D eigenvalue weighted by molar-refractivity contribution is 7.89. The topological polar surface area (TPSA) is 114 Å². The number of nitrogens with zero attached hydrogens (tertiary/aromatic N) is 5. The third-order valence-electron chi connectivity index (χ3n) is 7.09. The Morgan fingerprint density at radius 3 is 2.39 bits per heavy atom. The summed E-state index contributed by atoms with van der Waals surface area (Å²) in [6.45, 7) is 2.79. The van der Waals surface area contributed by atoms with E-state index in [2.05, 4.69) is 5.10 Å². The number of hydrogen-bond donors (Lipinski definition) is 0. The number of piperazine rings is 1. The average molecular weight is 542 g/mol. The maximum Gasteiger partial charge on any atom is 0.275 e. The van der Waals surface area contributed by atoms with Crippen LogP contribution in [0.15, 0.2) is 53.4 Å². The minimum Gasteiger partial charge on any atom is -0.368 e. The molecule has 0 bridgehead atoms. The molecule has 0 spiro atoms. The smallest absolute Gasteiger partial charge is 0.275 e. The maximum absolute atomic E-state index is 13.5. The van der Waals surface area contributed by atoms with Crippen molar-refractivity contribution < 1.29 is 27.6 Å². The minimum absolute atomic E-state index is 0.0111. The van der Waals surface area contributed by atoms with Gasteiger partial charge in [0.05, 0.1) is 24.1 Å². The molecule has 2 aliphatic heterocycles. The molecule has 11 nitrogen and oxygen atoms in total. The molecule has 0 N–H and O–H groups in total. The molecule has 2 fully saturated rings. The normalized spacial score (nSPS) is 18.4. The fraction of sp³-hybridized carbons (Fsp3) is 0.423. The van der Waals surface area contributed by atoms with Gasteiger partial charge in [0.2, 0.25) is 0 Å². The Kier molecular flexibility index (Phi) is 7.48. The lowest BCUT2D eigenvalue weighted by Gasteiger charge is -2.35. The van der Waals surface area contributed by atoms with E-state index in [-0.39, 0.29) is 22.8 Å². The third kappa shape index (κ3) is 5.04. The Bertz CT molecular complexity index is 1420. The van der Waals surface area contributed by atoms with Gasteiger partial charge < -0.3 is 14.5 Å². The number of ether oxygens (including phenoxy) is 1. The van der Waals surface area contributed by atoms with Crippen molar-refractivity contribution in [3.8, 4) is 0 Å². The highest BCUT2D eigenvalue weighted by Crippen LogP contribution is 2.23. The lowest BCUT2D eigenvalue weighted by atomic mass is 10.1. The number of aromatic nitrogens is 2. The second-order valence-electron chi connectivity index (χ2n) is 9.38. The standard InChI is InChI=1S/C26H31N5O6S/c1-28(36-2)38(34,35)20-11-9-19(10-12-20)18-31-22-7-4-3-6-21(22)24(27-31)26(33)30-15-13-29(14-16-30)25(32)23-8-5-17-37-23/h3-4,6-7,9-12,23H,5,8,13-18H2,1-2H3. The molecular formula is C26H31N5O6S. The van der Waals surface area contributed by atoms with Gasteiger partial charge in [-0.1, -0.05) is 34.8 Å². The average Bonchev–Trinajstić information content (AvgIpc) is 3.61. The van der Waals surface area contributed by atoms with Crippen molar-refractivity contribution in [2.45, 2.75) is 30.4 Å². The van der Waals surface area contributed by atoms with Crippen LogP contribution in [0.4, 0.5) is 0 Å². The monoisotopic (exact) mass is 541 g/mol. The summed E-state index contributed by atoms with van der Waals surface area (Å²) >= 11 is 0. The van der Waals surface area contributed by atoms with E-state index >= 15 is 0 Å². The van der Waals surface area contributed by atoms with Crippen molar-refractivity contribution in [1.29, 1.82) is 0 Å². The van der Waals surface area contributed by atoms with Gasteiger partial charge in [0.1, 0.15) is 6.10 Å². The highest BCUT2D eigenvalue weighted by atomic mass is 32.2. The minimum atomic E-state index is -3.74. The molecule has 2 saturated heterocycles. The molecule has 0 saturated carbocycles. The zero-order valence-corrected chi connectivity index (χ0v) is 22.3. The molecule has 2 aliphatic rings. The van der Waals surface area contributed by atoms with Crippen LogP contribution in [0.25, 0.3) is 10.9 Å². The fourth-order valence-electron chi connectivity index (χ4n) is 4.85. The van der Waals surface area contributed by atoms with E-state index in [1.807, 2.05) is 24.3 Å². The van der Waals surface area contributed by atoms with Crippen LogP contribution < -0.4 is 0 Å². The largest absolute Gasteiger partial charge is 0.368 e. The van der Waals surface area contributed by atoms with Crippen LogP contribution in [-0.4, -0.2) is 97.3 Å². The van der Waals surface area contributed by atoms with Gasteiger partial charge in [0.15, 0.2) is 5.69 Å². The van der Waals surface area contributed by atoms with Crippen LogP contribution in [0.3, 0.4) is 0 Å². The van der Waals surface area contributed by atoms with Crippen LogP contribution in [-0.2, 0) is 30.9 Å². The molecule has 1 atom stereocenters. The molecule has 1 unspecified atom stereocenters. The molecule has 2 aromatic carbocycles. The Balaban J connectivity index is 1.32. The first kappa shape index (κ1) is 26.3. The first-order valence-electron chi connectivity index (χ1n) is 12.6. The van der Waals surface area contributed by atoms with E-state index in [1.54, 1.807) is 26.6 Å². The van der Waals surface area contributed by atoms with Crippen LogP contribution in [0.2, 0.25) is 0 Å². The summed E-state index contributed by atoms with van der Waals surface area (Å²) in [4.78, 5) is 34.6. The van der Waals surface area contributed by atoms with Crippen molar-refractivity contribution in [2.24, 2.45) is 0 Å². The number of sulfonamides is 1. The van der Waals surface area contributed by atoms with Gasteiger partial charge in [-0.3, -0.25) is 19.1 Å². The predicted octanol–water partition coefficient (Wildman–Crippen LogP) is 1.73. The molecule has 2 amide bonds. The summed E-state index contributed by atoms with van der Waals surface area (Å²) in [5.74, 6) is -0.162. The van der Waals surface area contributed by atoms with E-state index in [0.29, 0.717) is 45.0 Å². The molecule has 202 valence electrons. The molecular weight excluding hydrogens is 510 g/mol. The highest BCUT2D eigenvalue weighted by Gasteiger charge is 2.32. The number of para-hydroxylation sites is 1. The maximum atomic E-state index is 13.5. The number of hydroxylamine groups is 1. The van der Waals surface area contributed by atoms with E-state index < -0.39 is 10.0 Å². The Morgan fingerprint density at radius 1 is 1.05 bits per heavy atom. The lowest BCUT2D eigenvalue weighted by Crippen LogP contribution is -2.52. The fourth-order valence-corrected chi connectivity index (χ4v) is 5.82. The van der Waals surface area contributed by atoms with Gasteiger partial charge in [-0.2, -0.15) is 5.10 Å². The summed E-state index contributed by atoms with van der Waals surface area (Å²) in [5, 5.41) is 5.41. The van der Waals surface area contributed by atoms with Crippen molar-refractivity contribution in [2.75, 3.05) is 46.9 Å². The summed E-state index contributed by atoms with van der Waals surface area (Å²) in [5.41, 5.74) is 2.00. The number of carbonyl (C=O) groups is 2. The van der Waals surface area contributed by atoms with Crippen molar-refractivity contribution in [3.05, 3.63) is 59.8 Å². The Morgan fingerprint density at radius 2 is 1.74 bits per heavy atom. The zero-order chi connectivity index (χ0) is 26.9. The molecule has 12 heteroatoms. The number of hydrogen-bond acceptors (Lipinski definition) is 7. The van der Waals surface area contributed by atoms with Crippen molar-refractivity contribution in [3.63, 3.8) is 0 Å². The zero-order valence-electron chi connectivity index (χ0n) is 21.4. The summed E-state index contributed by atoms with van der Waals surface area (Å²) in [6, 6.07) is 14.0. The first-order chi connectivity index (χ1) is 18.3. The predicted molar refractivity (Wildman–Crippen MR) is 139 cm³/mol. The number of carbonyl (C=O) groups excluding carboxylic acids is 2. The lowest BCUT2D eigenvalue weighted by molar-refractivity contribution is -0.142. The molecule has 3 heterocycles. The quantitative estimate of drug-likeness (QED) is 0.419. The van der Waals surface area contributed by atoms with Gasteiger partial charge in [-0.25, -0.2) is 8.42 Å². The number of benzene rings is 2. The number of amides is 2. The first-order valence-corrected chi connectivity index (χ1v) is 14.0. The Labute approximate surface area is 221 Å². The molecule has 1 aromatic heterocycles. The van der Waals surface area contributed by atoms with E-state index in [1.165, 1.54) is 26.3 Å². The second kappa shape index (κ2) is 10.8. The van der Waals surface area contributed by atoms with Crippen LogP contribution in [0.5, 0.6) is 0 Å². The summed E-state index contributed by atoms with van der Waals surface area (Å²) in [7, 11) is -1.12. The molecule has 38 heavy (non-hydrogen) atoms. The van der Waals surface area contributed by atoms with Crippen LogP contribution in [0.1, 0.15) is 28.9 Å². The molecule has 3 aromatic rings. The van der Waals surface area contributed by atoms with Gasteiger partial charge in [-0.05, 0) is 36.6 Å². The van der Waals surface area contributed by atoms with Crippen LogP contribution in [0, 0.1) is 0 Å². The van der Waals surface area contributed by atoms with Gasteiger partial charge >= 0.3 is 0 Å². The summed E-state index contributed by atoms with van der Waals surface area (Å²) < 4.78 is 33.0. The molecule has 0 radical (unpaired) electrons. The SMILES string of the molecule is CON(C)S(=O)(=O)c1ccc(Cn2nc(C(=O)N3CCN(C(=O)C4CCCO4)CC3)c3ccccc32)cc1. The van der Waals surface area contributed by atoms with E-state index in [4.69, 9.17) is 9.57 Å². The summed E-state index contributed by atoms with van der Waals surface area (Å²) in [6.07, 6.45) is 1.30. The molecule has 0 aliphatic carbocycles. The van der Waals surface area contributed by atoms with Gasteiger partial charge in [-0.15, -0.1) is 0 Å². The van der Waals surface area contributed by atoms with E-state index in [0.717, 1.165) is 33.8 Å². The molecule has 5 rings (SSSR count). The van der Waals surface area contributed by atoms with Gasteiger partial charge in [0.25, 0.3) is 21.8 Å². The number of fused-ring (bicyclic) bond motifs is 1. The van der Waals surface area contributed by atoms with Gasteiger partial charge in [0, 0.05) is 45.2 Å². The van der Waals surface area contributed by atoms with Crippen molar-refractivity contribution in [1.82, 2.24) is 24.0 Å². The van der Waals surface area contributed by atoms with E-state index in [9.17, 15) is 18.0 Å². The number of rotatable bonds is 7. The van der Waals surface area contributed by atoms with Crippen LogP contribution >= 0.6 is 0 Å². The third-order valence-corrected chi connectivity index (χ3v) is 8.79.